The van der Waals surface area contributed by atoms with E-state index in [2.05, 4.69) is 54.6 Å². The zero-order chi connectivity index (χ0) is 18.6. The highest BCUT2D eigenvalue weighted by Gasteiger charge is 2.19. The van der Waals surface area contributed by atoms with Gasteiger partial charge in [-0.2, -0.15) is 0 Å². The van der Waals surface area contributed by atoms with E-state index in [1.54, 1.807) is 0 Å². The molecular weight excluding hydrogens is 352 g/mol. The van der Waals surface area contributed by atoms with Crippen LogP contribution < -0.4 is 0 Å². The molecule has 0 saturated carbocycles. The van der Waals surface area contributed by atoms with Crippen molar-refractivity contribution in [3.05, 3.63) is 96.1 Å². The van der Waals surface area contributed by atoms with Crippen LogP contribution in [0.1, 0.15) is 11.1 Å². The Morgan fingerprint density at radius 2 is 1.26 bits per heavy atom. The standard InChI is InChI=1S/C24H20O2S/c25-24(26)23(15-17-9-11-19-5-1-3-7-21(19)13-17)27-16-18-10-12-20-6-2-4-8-22(20)14-18/h1-14,23H,15-16H2,(H,25,26). The highest BCUT2D eigenvalue weighted by atomic mass is 32.2. The van der Waals surface area contributed by atoms with E-state index in [0.29, 0.717) is 12.2 Å². The van der Waals surface area contributed by atoms with Gasteiger partial charge in [0.2, 0.25) is 0 Å². The number of aliphatic carboxylic acids is 1. The van der Waals surface area contributed by atoms with Crippen LogP contribution in [-0.4, -0.2) is 16.3 Å². The predicted molar refractivity (Wildman–Crippen MR) is 114 cm³/mol. The second-order valence-corrected chi connectivity index (χ2v) is 7.90. The van der Waals surface area contributed by atoms with Gasteiger partial charge in [-0.15, -0.1) is 11.8 Å². The van der Waals surface area contributed by atoms with E-state index in [1.807, 2.05) is 30.3 Å². The summed E-state index contributed by atoms with van der Waals surface area (Å²) in [6, 6.07) is 28.9. The average Bonchev–Trinajstić information content (AvgIpc) is 2.70. The van der Waals surface area contributed by atoms with Crippen LogP contribution >= 0.6 is 11.8 Å². The van der Waals surface area contributed by atoms with Gasteiger partial charge in [0.25, 0.3) is 0 Å². The van der Waals surface area contributed by atoms with Crippen LogP contribution in [-0.2, 0) is 17.0 Å². The number of carboxylic acid groups (broad SMARTS) is 1. The fourth-order valence-corrected chi connectivity index (χ4v) is 4.35. The van der Waals surface area contributed by atoms with Crippen molar-refractivity contribution < 1.29 is 9.90 Å². The summed E-state index contributed by atoms with van der Waals surface area (Å²) >= 11 is 1.49. The molecule has 1 N–H and O–H groups in total. The highest BCUT2D eigenvalue weighted by Crippen LogP contribution is 2.25. The molecule has 2 nitrogen and oxygen atoms in total. The van der Waals surface area contributed by atoms with E-state index < -0.39 is 11.2 Å². The largest absolute Gasteiger partial charge is 0.480 e. The summed E-state index contributed by atoms with van der Waals surface area (Å²) in [5, 5.41) is 13.9. The maximum atomic E-state index is 11.8. The Bertz CT molecular complexity index is 1100. The van der Waals surface area contributed by atoms with E-state index >= 15 is 0 Å². The number of carbonyl (C=O) groups is 1. The summed E-state index contributed by atoms with van der Waals surface area (Å²) in [6.07, 6.45) is 0.526. The lowest BCUT2D eigenvalue weighted by molar-refractivity contribution is -0.136. The third kappa shape index (κ3) is 4.15. The van der Waals surface area contributed by atoms with Crippen molar-refractivity contribution in [2.75, 3.05) is 0 Å². The number of hydrogen-bond acceptors (Lipinski definition) is 2. The van der Waals surface area contributed by atoms with Gasteiger partial charge >= 0.3 is 5.97 Å². The second-order valence-electron chi connectivity index (χ2n) is 6.71. The van der Waals surface area contributed by atoms with Gasteiger partial charge in [0.05, 0.1) is 0 Å². The first-order chi connectivity index (χ1) is 13.2. The Morgan fingerprint density at radius 1 is 0.741 bits per heavy atom. The summed E-state index contributed by atoms with van der Waals surface area (Å²) in [5.41, 5.74) is 2.22. The fourth-order valence-electron chi connectivity index (χ4n) is 3.32. The van der Waals surface area contributed by atoms with Gasteiger partial charge in [0.1, 0.15) is 5.25 Å². The third-order valence-electron chi connectivity index (χ3n) is 4.78. The van der Waals surface area contributed by atoms with Crippen molar-refractivity contribution in [1.82, 2.24) is 0 Å². The summed E-state index contributed by atoms with van der Waals surface area (Å²) in [6.45, 7) is 0. The van der Waals surface area contributed by atoms with Crippen molar-refractivity contribution in [2.45, 2.75) is 17.4 Å². The Morgan fingerprint density at radius 3 is 1.85 bits per heavy atom. The van der Waals surface area contributed by atoms with Crippen LogP contribution in [0.5, 0.6) is 0 Å². The summed E-state index contributed by atoms with van der Waals surface area (Å²) < 4.78 is 0. The van der Waals surface area contributed by atoms with Crippen molar-refractivity contribution in [2.24, 2.45) is 0 Å². The maximum Gasteiger partial charge on any atom is 0.316 e. The van der Waals surface area contributed by atoms with E-state index in [-0.39, 0.29) is 0 Å². The number of thioether (sulfide) groups is 1. The van der Waals surface area contributed by atoms with Gasteiger partial charge in [0.15, 0.2) is 0 Å². The predicted octanol–water partition coefficient (Wildman–Crippen LogP) is 5.92. The van der Waals surface area contributed by atoms with Crippen LogP contribution in [0.15, 0.2) is 84.9 Å². The zero-order valence-electron chi connectivity index (χ0n) is 14.8. The van der Waals surface area contributed by atoms with Crippen molar-refractivity contribution in [3.63, 3.8) is 0 Å². The SMILES string of the molecule is O=C(O)C(Cc1ccc2ccccc2c1)SCc1ccc2ccccc2c1. The van der Waals surface area contributed by atoms with Gasteiger partial charge in [-0.05, 0) is 39.1 Å². The highest BCUT2D eigenvalue weighted by molar-refractivity contribution is 7.99. The molecule has 0 saturated heterocycles. The van der Waals surface area contributed by atoms with Crippen LogP contribution in [0, 0.1) is 0 Å². The van der Waals surface area contributed by atoms with Crippen molar-refractivity contribution in [1.29, 1.82) is 0 Å². The van der Waals surface area contributed by atoms with Gasteiger partial charge in [-0.3, -0.25) is 4.79 Å². The molecule has 0 fully saturated rings. The first-order valence-corrected chi connectivity index (χ1v) is 10.0. The molecule has 0 aromatic heterocycles. The Labute approximate surface area is 162 Å². The van der Waals surface area contributed by atoms with Crippen LogP contribution in [0.25, 0.3) is 21.5 Å². The van der Waals surface area contributed by atoms with Crippen molar-refractivity contribution in [3.8, 4) is 0 Å². The van der Waals surface area contributed by atoms with Crippen LogP contribution in [0.2, 0.25) is 0 Å². The van der Waals surface area contributed by atoms with E-state index in [1.165, 1.54) is 27.9 Å². The molecular formula is C24H20O2S. The second kappa shape index (κ2) is 7.85. The molecule has 0 heterocycles. The van der Waals surface area contributed by atoms with Gasteiger partial charge < -0.3 is 5.11 Å². The minimum atomic E-state index is -0.756. The maximum absolute atomic E-state index is 11.8. The number of rotatable bonds is 6. The molecule has 3 heteroatoms. The summed E-state index contributed by atoms with van der Waals surface area (Å²) in [5.74, 6) is -0.0657. The quantitative estimate of drug-likeness (QED) is 0.456. The molecule has 0 radical (unpaired) electrons. The molecule has 0 aliphatic rings. The van der Waals surface area contributed by atoms with Gasteiger partial charge in [-0.25, -0.2) is 0 Å². The zero-order valence-corrected chi connectivity index (χ0v) is 15.7. The molecule has 4 rings (SSSR count). The number of benzene rings is 4. The normalized spacial score (nSPS) is 12.3. The number of fused-ring (bicyclic) bond motifs is 2. The van der Waals surface area contributed by atoms with E-state index in [9.17, 15) is 9.90 Å². The molecule has 27 heavy (non-hydrogen) atoms. The molecule has 0 amide bonds. The lowest BCUT2D eigenvalue weighted by atomic mass is 10.0. The third-order valence-corrected chi connectivity index (χ3v) is 6.05. The molecule has 0 aliphatic heterocycles. The Balaban J connectivity index is 1.49. The minimum Gasteiger partial charge on any atom is -0.480 e. The van der Waals surface area contributed by atoms with Crippen LogP contribution in [0.3, 0.4) is 0 Å². The number of carboxylic acids is 1. The summed E-state index contributed by atoms with van der Waals surface area (Å²) in [4.78, 5) is 11.8. The fraction of sp³-hybridized carbons (Fsp3) is 0.125. The van der Waals surface area contributed by atoms with Gasteiger partial charge in [0, 0.05) is 5.75 Å². The molecule has 1 unspecified atom stereocenters. The van der Waals surface area contributed by atoms with Crippen molar-refractivity contribution >= 4 is 39.3 Å². The molecule has 4 aromatic carbocycles. The van der Waals surface area contributed by atoms with Crippen LogP contribution in [0.4, 0.5) is 0 Å². The molecule has 1 atom stereocenters. The lowest BCUT2D eigenvalue weighted by Crippen LogP contribution is -2.19. The lowest BCUT2D eigenvalue weighted by Gasteiger charge is -2.13. The Kier molecular flexibility index (Phi) is 5.12. The average molecular weight is 372 g/mol. The molecule has 4 aromatic rings. The van der Waals surface area contributed by atoms with Gasteiger partial charge in [-0.1, -0.05) is 84.9 Å². The summed E-state index contributed by atoms with van der Waals surface area (Å²) in [7, 11) is 0. The minimum absolute atomic E-state index is 0.461. The molecule has 0 bridgehead atoms. The monoisotopic (exact) mass is 372 g/mol. The smallest absolute Gasteiger partial charge is 0.316 e. The molecule has 134 valence electrons. The topological polar surface area (TPSA) is 37.3 Å². The molecule has 0 spiro atoms. The first-order valence-electron chi connectivity index (χ1n) is 8.99. The first kappa shape index (κ1) is 17.6. The molecule has 0 aliphatic carbocycles. The van der Waals surface area contributed by atoms with E-state index in [0.717, 1.165) is 16.5 Å². The Hall–Kier alpha value is -2.78. The number of hydrogen-bond donors (Lipinski definition) is 1. The van der Waals surface area contributed by atoms with E-state index in [4.69, 9.17) is 0 Å².